The van der Waals surface area contributed by atoms with Gasteiger partial charge in [-0.1, -0.05) is 36.4 Å². The molecule has 11 heteroatoms. The van der Waals surface area contributed by atoms with Crippen molar-refractivity contribution in [1.29, 1.82) is 0 Å². The van der Waals surface area contributed by atoms with Crippen LogP contribution in [0.15, 0.2) is 66.9 Å². The van der Waals surface area contributed by atoms with Crippen LogP contribution < -0.4 is 10.6 Å². The monoisotopic (exact) mass is 622 g/mol. The van der Waals surface area contributed by atoms with Gasteiger partial charge in [-0.05, 0) is 85.4 Å². The highest BCUT2D eigenvalue weighted by Crippen LogP contribution is 2.35. The van der Waals surface area contributed by atoms with Crippen LogP contribution in [0.5, 0.6) is 0 Å². The first-order valence-corrected chi connectivity index (χ1v) is 14.8. The summed E-state index contributed by atoms with van der Waals surface area (Å²) >= 11 is 0. The Labute approximate surface area is 260 Å². The third-order valence-corrected chi connectivity index (χ3v) is 7.77. The molecule has 0 spiro atoms. The number of nitrogens with one attached hydrogen (secondary N) is 2. The van der Waals surface area contributed by atoms with Crippen molar-refractivity contribution in [3.05, 3.63) is 94.8 Å². The van der Waals surface area contributed by atoms with Crippen LogP contribution in [0.3, 0.4) is 0 Å². The van der Waals surface area contributed by atoms with Gasteiger partial charge in [-0.25, -0.2) is 4.79 Å². The first kappa shape index (κ1) is 32.2. The zero-order chi connectivity index (χ0) is 32.4. The smallest absolute Gasteiger partial charge is 0.416 e. The van der Waals surface area contributed by atoms with Gasteiger partial charge in [0.1, 0.15) is 11.3 Å². The number of nitrogens with zero attached hydrogens (tertiary/aromatic N) is 2. The highest BCUT2D eigenvalue weighted by Gasteiger charge is 2.32. The molecule has 3 heterocycles. The minimum absolute atomic E-state index is 0.0212. The molecular formula is C34H37F3N4O4. The van der Waals surface area contributed by atoms with E-state index < -0.39 is 29.5 Å². The van der Waals surface area contributed by atoms with Gasteiger partial charge in [0.2, 0.25) is 0 Å². The summed E-state index contributed by atoms with van der Waals surface area (Å²) in [5, 5.41) is 5.59. The Hall–Kier alpha value is -4.22. The average molecular weight is 623 g/mol. The third-order valence-electron chi connectivity index (χ3n) is 7.77. The van der Waals surface area contributed by atoms with Crippen LogP contribution in [0.1, 0.15) is 66.5 Å². The Morgan fingerprint density at radius 3 is 2.42 bits per heavy atom. The number of hydrogen-bond donors (Lipinski definition) is 2. The SMILES string of the molecule is C[C@@H](NC(=O)c1cc(C2=CCN(C3COC3)C2)ccn1)c1ccc(-c2cc(C(F)(F)F)ccc2CNC(=O)OC(C)(C)C)cc1. The lowest BCUT2D eigenvalue weighted by Gasteiger charge is -2.34. The number of rotatable bonds is 8. The molecule has 1 atom stereocenters. The van der Waals surface area contributed by atoms with Gasteiger partial charge in [-0.15, -0.1) is 0 Å². The van der Waals surface area contributed by atoms with E-state index in [0.29, 0.717) is 28.4 Å². The van der Waals surface area contributed by atoms with Crippen LogP contribution in [-0.4, -0.2) is 59.8 Å². The number of alkyl halides is 3. The predicted molar refractivity (Wildman–Crippen MR) is 164 cm³/mol. The standard InChI is InChI=1S/C34H37F3N4O4/c1-21(40-31(42)30-15-24(11-13-38-30)26-12-14-41(18-26)28-19-44-20-28)22-5-7-23(8-6-22)29-16-27(34(35,36)37)10-9-25(29)17-39-32(43)45-33(2,3)4/h5-13,15-16,21,28H,14,17-20H2,1-4H3,(H,39,43)(H,40,42)/t21-/m1/s1. The van der Waals surface area contributed by atoms with E-state index in [9.17, 15) is 22.8 Å². The number of halogens is 3. The van der Waals surface area contributed by atoms with Crippen molar-refractivity contribution in [3.63, 3.8) is 0 Å². The van der Waals surface area contributed by atoms with Crippen LogP contribution in [0.2, 0.25) is 0 Å². The highest BCUT2D eigenvalue weighted by atomic mass is 19.4. The van der Waals surface area contributed by atoms with E-state index in [1.54, 1.807) is 57.3 Å². The van der Waals surface area contributed by atoms with Gasteiger partial charge in [-0.2, -0.15) is 13.2 Å². The normalized spacial score (nSPS) is 16.5. The molecule has 45 heavy (non-hydrogen) atoms. The van der Waals surface area contributed by atoms with E-state index in [1.807, 2.05) is 13.0 Å². The summed E-state index contributed by atoms with van der Waals surface area (Å²) in [7, 11) is 0. The molecular weight excluding hydrogens is 585 g/mol. The van der Waals surface area contributed by atoms with Crippen LogP contribution in [0, 0.1) is 0 Å². The third kappa shape index (κ3) is 8.09. The molecule has 1 fully saturated rings. The molecule has 1 aromatic heterocycles. The van der Waals surface area contributed by atoms with Crippen LogP contribution in [-0.2, 0) is 22.2 Å². The molecule has 0 radical (unpaired) electrons. The Balaban J connectivity index is 1.27. The quantitative estimate of drug-likeness (QED) is 0.303. The van der Waals surface area contributed by atoms with E-state index in [0.717, 1.165) is 55.1 Å². The summed E-state index contributed by atoms with van der Waals surface area (Å²) in [6.45, 7) is 10.1. The minimum atomic E-state index is -4.53. The second-order valence-electron chi connectivity index (χ2n) is 12.3. The molecule has 0 unspecified atom stereocenters. The number of carbonyl (C=O) groups excluding carboxylic acids is 2. The molecule has 1 saturated heterocycles. The molecule has 2 N–H and O–H groups in total. The molecule has 0 saturated carbocycles. The van der Waals surface area contributed by atoms with Crippen LogP contribution in [0.25, 0.3) is 16.7 Å². The number of benzene rings is 2. The zero-order valence-corrected chi connectivity index (χ0v) is 25.7. The van der Waals surface area contributed by atoms with E-state index in [1.165, 1.54) is 6.07 Å². The van der Waals surface area contributed by atoms with E-state index in [-0.39, 0.29) is 12.5 Å². The number of hydrogen-bond acceptors (Lipinski definition) is 6. The maximum atomic E-state index is 13.6. The molecule has 2 aliphatic rings. The Kier molecular flexibility index (Phi) is 9.31. The van der Waals surface area contributed by atoms with Gasteiger partial charge in [0, 0.05) is 25.8 Å². The number of ether oxygens (including phenoxy) is 2. The summed E-state index contributed by atoms with van der Waals surface area (Å²) in [6.07, 6.45) is -1.40. The van der Waals surface area contributed by atoms with Gasteiger partial charge >= 0.3 is 12.3 Å². The number of aromatic nitrogens is 1. The molecule has 3 aromatic rings. The van der Waals surface area contributed by atoms with Crippen molar-refractivity contribution >= 4 is 17.6 Å². The average Bonchev–Trinajstić information content (AvgIpc) is 3.43. The summed E-state index contributed by atoms with van der Waals surface area (Å²) in [5.41, 5.74) is 3.01. The maximum absolute atomic E-state index is 13.6. The fourth-order valence-corrected chi connectivity index (χ4v) is 5.21. The number of carbonyl (C=O) groups is 2. The maximum Gasteiger partial charge on any atom is 0.416 e. The minimum Gasteiger partial charge on any atom is -0.444 e. The largest absolute Gasteiger partial charge is 0.444 e. The Morgan fingerprint density at radius 1 is 1.04 bits per heavy atom. The number of pyridine rings is 1. The lowest BCUT2D eigenvalue weighted by molar-refractivity contribution is -0.137. The molecule has 2 aromatic carbocycles. The lowest BCUT2D eigenvalue weighted by Crippen LogP contribution is -2.47. The second kappa shape index (κ2) is 13.0. The van der Waals surface area contributed by atoms with Gasteiger partial charge < -0.3 is 20.1 Å². The number of alkyl carbamates (subject to hydrolysis) is 1. The predicted octanol–water partition coefficient (Wildman–Crippen LogP) is 6.38. The first-order valence-electron chi connectivity index (χ1n) is 14.8. The van der Waals surface area contributed by atoms with Crippen molar-refractivity contribution in [2.75, 3.05) is 26.3 Å². The molecule has 238 valence electrons. The van der Waals surface area contributed by atoms with Crippen LogP contribution >= 0.6 is 0 Å². The summed E-state index contributed by atoms with van der Waals surface area (Å²) in [5.74, 6) is -0.329. The number of amides is 2. The van der Waals surface area contributed by atoms with E-state index in [4.69, 9.17) is 9.47 Å². The van der Waals surface area contributed by atoms with Crippen LogP contribution in [0.4, 0.5) is 18.0 Å². The van der Waals surface area contributed by atoms with Crippen molar-refractivity contribution in [3.8, 4) is 11.1 Å². The highest BCUT2D eigenvalue weighted by molar-refractivity contribution is 5.93. The topological polar surface area (TPSA) is 92.8 Å². The van der Waals surface area contributed by atoms with E-state index in [2.05, 4.69) is 26.6 Å². The molecule has 0 bridgehead atoms. The van der Waals surface area contributed by atoms with E-state index >= 15 is 0 Å². The van der Waals surface area contributed by atoms with Gasteiger partial charge in [0.25, 0.3) is 5.91 Å². The summed E-state index contributed by atoms with van der Waals surface area (Å²) in [6, 6.07) is 14.1. The Morgan fingerprint density at radius 2 is 1.78 bits per heavy atom. The van der Waals surface area contributed by atoms with Gasteiger partial charge in [0.15, 0.2) is 0 Å². The van der Waals surface area contributed by atoms with Gasteiger partial charge in [0.05, 0.1) is 30.9 Å². The first-order chi connectivity index (χ1) is 21.3. The molecule has 2 aliphatic heterocycles. The fourth-order valence-electron chi connectivity index (χ4n) is 5.21. The molecule has 8 nitrogen and oxygen atoms in total. The van der Waals surface area contributed by atoms with Crippen molar-refractivity contribution in [1.82, 2.24) is 20.5 Å². The molecule has 5 rings (SSSR count). The Bertz CT molecular complexity index is 1580. The molecule has 2 amide bonds. The summed E-state index contributed by atoms with van der Waals surface area (Å²) in [4.78, 5) is 31.9. The molecule has 0 aliphatic carbocycles. The zero-order valence-electron chi connectivity index (χ0n) is 25.7. The second-order valence-corrected chi connectivity index (χ2v) is 12.3. The fraction of sp³-hybridized carbons (Fsp3) is 0.382. The van der Waals surface area contributed by atoms with Crippen molar-refractivity contribution < 1.29 is 32.2 Å². The van der Waals surface area contributed by atoms with Crippen molar-refractivity contribution in [2.45, 2.75) is 58.1 Å². The van der Waals surface area contributed by atoms with Crippen molar-refractivity contribution in [2.24, 2.45) is 0 Å². The van der Waals surface area contributed by atoms with Gasteiger partial charge in [-0.3, -0.25) is 14.7 Å². The lowest BCUT2D eigenvalue weighted by atomic mass is 9.95. The summed E-state index contributed by atoms with van der Waals surface area (Å²) < 4.78 is 51.3.